The molecule has 2 N–H and O–H groups in total. The highest BCUT2D eigenvalue weighted by atomic mass is 79.9. The summed E-state index contributed by atoms with van der Waals surface area (Å²) >= 11 is 4.82. The van der Waals surface area contributed by atoms with Crippen molar-refractivity contribution in [3.05, 3.63) is 58.6 Å². The van der Waals surface area contributed by atoms with Gasteiger partial charge in [-0.15, -0.1) is 5.10 Å². The quantitative estimate of drug-likeness (QED) is 0.593. The molecule has 7 heteroatoms. The van der Waals surface area contributed by atoms with Gasteiger partial charge in [0.15, 0.2) is 5.82 Å². The molecular weight excluding hydrogens is 400 g/mol. The van der Waals surface area contributed by atoms with Gasteiger partial charge in [-0.25, -0.2) is 4.98 Å². The second kappa shape index (κ2) is 7.84. The third-order valence-corrected chi connectivity index (χ3v) is 5.18. The van der Waals surface area contributed by atoms with Crippen LogP contribution in [0.3, 0.4) is 0 Å². The van der Waals surface area contributed by atoms with Crippen LogP contribution in [0.5, 0.6) is 0 Å². The molecule has 1 aromatic heterocycles. The van der Waals surface area contributed by atoms with Gasteiger partial charge < -0.3 is 5.32 Å². The van der Waals surface area contributed by atoms with Crippen molar-refractivity contribution in [1.82, 2.24) is 15.2 Å². The second-order valence-corrected chi connectivity index (χ2v) is 7.73. The SMILES string of the molecule is Cc1cccc(NC(=O)C(C)Sc2n[nH]c(-c3ccccc3Br)n2)c1. The number of anilines is 1. The number of benzene rings is 2. The number of carbonyl (C=O) groups excluding carboxylic acids is 1. The molecule has 25 heavy (non-hydrogen) atoms. The van der Waals surface area contributed by atoms with Crippen molar-refractivity contribution in [3.63, 3.8) is 0 Å². The third kappa shape index (κ3) is 4.49. The lowest BCUT2D eigenvalue weighted by molar-refractivity contribution is -0.115. The number of nitrogens with one attached hydrogen (secondary N) is 2. The van der Waals surface area contributed by atoms with Crippen molar-refractivity contribution in [1.29, 1.82) is 0 Å². The molecule has 0 radical (unpaired) electrons. The van der Waals surface area contributed by atoms with Crippen molar-refractivity contribution >= 4 is 39.3 Å². The zero-order valence-electron chi connectivity index (χ0n) is 13.8. The molecule has 2 aromatic carbocycles. The molecule has 0 bridgehead atoms. The molecule has 3 aromatic rings. The largest absolute Gasteiger partial charge is 0.325 e. The normalized spacial score (nSPS) is 12.0. The molecule has 1 unspecified atom stereocenters. The van der Waals surface area contributed by atoms with Gasteiger partial charge in [0.1, 0.15) is 0 Å². The molecule has 128 valence electrons. The van der Waals surface area contributed by atoms with E-state index in [2.05, 4.69) is 36.4 Å². The minimum absolute atomic E-state index is 0.0807. The van der Waals surface area contributed by atoms with Gasteiger partial charge >= 0.3 is 0 Å². The van der Waals surface area contributed by atoms with Crippen LogP contribution in [0.2, 0.25) is 0 Å². The van der Waals surface area contributed by atoms with Gasteiger partial charge in [0.25, 0.3) is 0 Å². The summed E-state index contributed by atoms with van der Waals surface area (Å²) in [6.45, 7) is 3.83. The number of aromatic nitrogens is 3. The van der Waals surface area contributed by atoms with Crippen LogP contribution in [-0.2, 0) is 4.79 Å². The number of halogens is 1. The van der Waals surface area contributed by atoms with E-state index >= 15 is 0 Å². The molecular formula is C18H17BrN4OS. The molecule has 1 amide bonds. The number of hydrogen-bond donors (Lipinski definition) is 2. The maximum absolute atomic E-state index is 12.4. The molecule has 3 rings (SSSR count). The Kier molecular flexibility index (Phi) is 5.55. The number of thioether (sulfide) groups is 1. The first-order valence-corrected chi connectivity index (χ1v) is 9.41. The van der Waals surface area contributed by atoms with E-state index in [-0.39, 0.29) is 11.2 Å². The fourth-order valence-corrected chi connectivity index (χ4v) is 3.45. The van der Waals surface area contributed by atoms with Crippen molar-refractivity contribution in [2.24, 2.45) is 0 Å². The van der Waals surface area contributed by atoms with E-state index in [1.54, 1.807) is 0 Å². The molecule has 1 atom stereocenters. The summed E-state index contributed by atoms with van der Waals surface area (Å²) in [5.74, 6) is 0.587. The predicted molar refractivity (Wildman–Crippen MR) is 105 cm³/mol. The Labute approximate surface area is 158 Å². The Morgan fingerprint density at radius 3 is 2.80 bits per heavy atom. The number of aryl methyl sites for hydroxylation is 1. The maximum atomic E-state index is 12.4. The monoisotopic (exact) mass is 416 g/mol. The Morgan fingerprint density at radius 1 is 1.24 bits per heavy atom. The van der Waals surface area contributed by atoms with Crippen LogP contribution >= 0.6 is 27.7 Å². The van der Waals surface area contributed by atoms with Crippen LogP contribution < -0.4 is 5.32 Å². The number of amides is 1. The fraction of sp³-hybridized carbons (Fsp3) is 0.167. The van der Waals surface area contributed by atoms with E-state index in [9.17, 15) is 4.79 Å². The topological polar surface area (TPSA) is 70.7 Å². The highest BCUT2D eigenvalue weighted by molar-refractivity contribution is 9.10. The molecule has 0 aliphatic rings. The lowest BCUT2D eigenvalue weighted by atomic mass is 10.2. The van der Waals surface area contributed by atoms with Crippen molar-refractivity contribution in [2.45, 2.75) is 24.3 Å². The Balaban J connectivity index is 1.66. The van der Waals surface area contributed by atoms with Gasteiger partial charge in [-0.05, 0) is 37.6 Å². The Morgan fingerprint density at radius 2 is 2.04 bits per heavy atom. The van der Waals surface area contributed by atoms with Gasteiger partial charge in [0, 0.05) is 15.7 Å². The summed E-state index contributed by atoms with van der Waals surface area (Å²) in [7, 11) is 0. The maximum Gasteiger partial charge on any atom is 0.237 e. The average molecular weight is 417 g/mol. The van der Waals surface area contributed by atoms with Crippen molar-refractivity contribution in [2.75, 3.05) is 5.32 Å². The van der Waals surface area contributed by atoms with Crippen molar-refractivity contribution < 1.29 is 4.79 Å². The van der Waals surface area contributed by atoms with Crippen LogP contribution in [0.15, 0.2) is 58.2 Å². The number of carbonyl (C=O) groups is 1. The molecule has 0 aliphatic heterocycles. The summed E-state index contributed by atoms with van der Waals surface area (Å²) < 4.78 is 0.938. The zero-order chi connectivity index (χ0) is 17.8. The van der Waals surface area contributed by atoms with Crippen LogP contribution in [0.1, 0.15) is 12.5 Å². The van der Waals surface area contributed by atoms with Gasteiger partial charge in [-0.3, -0.25) is 9.89 Å². The molecule has 0 saturated carbocycles. The van der Waals surface area contributed by atoms with Gasteiger partial charge in [-0.2, -0.15) is 0 Å². The molecule has 0 saturated heterocycles. The first kappa shape index (κ1) is 17.7. The average Bonchev–Trinajstić information content (AvgIpc) is 3.03. The molecule has 1 heterocycles. The molecule has 0 spiro atoms. The molecule has 0 aliphatic carbocycles. The van der Waals surface area contributed by atoms with Gasteiger partial charge in [0.05, 0.1) is 5.25 Å². The summed E-state index contributed by atoms with van der Waals surface area (Å²) in [5, 5.41) is 10.3. The van der Waals surface area contributed by atoms with E-state index in [1.807, 2.05) is 62.4 Å². The summed E-state index contributed by atoms with van der Waals surface area (Å²) in [6.07, 6.45) is 0. The van der Waals surface area contributed by atoms with Crippen LogP contribution in [0.25, 0.3) is 11.4 Å². The minimum Gasteiger partial charge on any atom is -0.325 e. The highest BCUT2D eigenvalue weighted by Crippen LogP contribution is 2.28. The summed E-state index contributed by atoms with van der Waals surface area (Å²) in [4.78, 5) is 16.8. The first-order valence-electron chi connectivity index (χ1n) is 7.74. The van der Waals surface area contributed by atoms with Crippen molar-refractivity contribution in [3.8, 4) is 11.4 Å². The minimum atomic E-state index is -0.316. The molecule has 0 fully saturated rings. The Bertz CT molecular complexity index is 896. The Hall–Kier alpha value is -2.12. The van der Waals surface area contributed by atoms with Crippen LogP contribution in [0.4, 0.5) is 5.69 Å². The number of hydrogen-bond acceptors (Lipinski definition) is 4. The smallest absolute Gasteiger partial charge is 0.237 e. The fourth-order valence-electron chi connectivity index (χ4n) is 2.25. The zero-order valence-corrected chi connectivity index (χ0v) is 16.2. The lowest BCUT2D eigenvalue weighted by Gasteiger charge is -2.10. The van der Waals surface area contributed by atoms with E-state index in [1.165, 1.54) is 11.8 Å². The van der Waals surface area contributed by atoms with E-state index in [0.29, 0.717) is 11.0 Å². The standard InChI is InChI=1S/C18H17BrN4OS/c1-11-6-5-7-13(10-11)20-17(24)12(2)25-18-21-16(22-23-18)14-8-3-4-9-15(14)19/h3-10,12H,1-2H3,(H,20,24)(H,21,22,23). The molecule has 5 nitrogen and oxygen atoms in total. The van der Waals surface area contributed by atoms with Crippen LogP contribution in [-0.4, -0.2) is 26.3 Å². The van der Waals surface area contributed by atoms with Crippen LogP contribution in [0, 0.1) is 6.92 Å². The van der Waals surface area contributed by atoms with Gasteiger partial charge in [0.2, 0.25) is 11.1 Å². The highest BCUT2D eigenvalue weighted by Gasteiger charge is 2.18. The number of H-pyrrole nitrogens is 1. The number of rotatable bonds is 5. The van der Waals surface area contributed by atoms with Gasteiger partial charge in [-0.1, -0.05) is 58.0 Å². The summed E-state index contributed by atoms with van der Waals surface area (Å²) in [6, 6.07) is 15.5. The number of aromatic amines is 1. The van der Waals surface area contributed by atoms with E-state index < -0.39 is 0 Å². The first-order chi connectivity index (χ1) is 12.0. The predicted octanol–water partition coefficient (Wildman–Crippen LogP) is 4.66. The van der Waals surface area contributed by atoms with E-state index in [0.717, 1.165) is 21.3 Å². The number of nitrogens with zero attached hydrogens (tertiary/aromatic N) is 2. The third-order valence-electron chi connectivity index (χ3n) is 3.53. The van der Waals surface area contributed by atoms with E-state index in [4.69, 9.17) is 0 Å². The summed E-state index contributed by atoms with van der Waals surface area (Å²) in [5.41, 5.74) is 2.82. The second-order valence-electron chi connectivity index (χ2n) is 5.57. The lowest BCUT2D eigenvalue weighted by Crippen LogP contribution is -2.22.